The van der Waals surface area contributed by atoms with Crippen molar-refractivity contribution in [3.8, 4) is 0 Å². The van der Waals surface area contributed by atoms with Crippen LogP contribution in [0.4, 0.5) is 0 Å². The van der Waals surface area contributed by atoms with E-state index in [1.54, 1.807) is 0 Å². The second-order valence-corrected chi connectivity index (χ2v) is 5.67. The van der Waals surface area contributed by atoms with Gasteiger partial charge in [-0.3, -0.25) is 4.79 Å². The normalized spacial score (nSPS) is 12.2. The van der Waals surface area contributed by atoms with E-state index < -0.39 is 0 Å². The van der Waals surface area contributed by atoms with Crippen LogP contribution in [0, 0.1) is 5.92 Å². The van der Waals surface area contributed by atoms with Crippen molar-refractivity contribution >= 4 is 16.8 Å². The molecule has 3 rings (SSSR count). The number of fused-ring (bicyclic) bond motifs is 1. The van der Waals surface area contributed by atoms with Crippen molar-refractivity contribution in [3.05, 3.63) is 71.9 Å². The first kappa shape index (κ1) is 14.4. The Bertz CT molecular complexity index is 761. The Hall–Kier alpha value is -2.55. The highest BCUT2D eigenvalue weighted by Gasteiger charge is 2.13. The lowest BCUT2D eigenvalue weighted by Crippen LogP contribution is -2.29. The van der Waals surface area contributed by atoms with Crippen molar-refractivity contribution in [3.63, 3.8) is 0 Å². The zero-order valence-electron chi connectivity index (χ0n) is 12.7. The summed E-state index contributed by atoms with van der Waals surface area (Å²) in [7, 11) is 0. The summed E-state index contributed by atoms with van der Waals surface area (Å²) >= 11 is 0. The maximum Gasteiger partial charge on any atom is 0.223 e. The van der Waals surface area contributed by atoms with E-state index in [1.807, 2.05) is 49.5 Å². The highest BCUT2D eigenvalue weighted by atomic mass is 16.1. The fraction of sp³-hybridized carbons (Fsp3) is 0.211. The molecule has 1 atom stereocenters. The van der Waals surface area contributed by atoms with Crippen LogP contribution >= 0.6 is 0 Å². The Balaban J connectivity index is 1.60. The molecule has 0 saturated carbocycles. The van der Waals surface area contributed by atoms with Crippen molar-refractivity contribution in [1.29, 1.82) is 0 Å². The number of carbonyl (C=O) groups excluding carboxylic acids is 1. The van der Waals surface area contributed by atoms with E-state index in [0.717, 1.165) is 17.5 Å². The van der Waals surface area contributed by atoms with E-state index in [1.165, 1.54) is 10.9 Å². The molecule has 1 aromatic heterocycles. The molecule has 3 aromatic rings. The van der Waals surface area contributed by atoms with Gasteiger partial charge < -0.3 is 10.3 Å². The Labute approximate surface area is 130 Å². The molecule has 1 amide bonds. The molecule has 0 saturated heterocycles. The molecule has 0 aliphatic carbocycles. The molecule has 0 fully saturated rings. The molecule has 0 spiro atoms. The third-order valence-electron chi connectivity index (χ3n) is 3.96. The maximum atomic E-state index is 12.3. The summed E-state index contributed by atoms with van der Waals surface area (Å²) in [6.45, 7) is 2.53. The van der Waals surface area contributed by atoms with Gasteiger partial charge >= 0.3 is 0 Å². The fourth-order valence-corrected chi connectivity index (χ4v) is 2.69. The lowest BCUT2D eigenvalue weighted by atomic mass is 10.0. The van der Waals surface area contributed by atoms with Crippen LogP contribution in [0.5, 0.6) is 0 Å². The van der Waals surface area contributed by atoms with Crippen LogP contribution in [0.1, 0.15) is 18.1 Å². The number of H-pyrrole nitrogens is 1. The van der Waals surface area contributed by atoms with Crippen molar-refractivity contribution in [2.45, 2.75) is 19.9 Å². The number of nitrogens with one attached hydrogen (secondary N) is 2. The Kier molecular flexibility index (Phi) is 4.24. The zero-order valence-corrected chi connectivity index (χ0v) is 12.7. The predicted molar refractivity (Wildman–Crippen MR) is 89.5 cm³/mol. The molecule has 112 valence electrons. The topological polar surface area (TPSA) is 44.9 Å². The molecular weight excluding hydrogens is 272 g/mol. The lowest BCUT2D eigenvalue weighted by Gasteiger charge is -2.12. The quantitative estimate of drug-likeness (QED) is 0.740. The van der Waals surface area contributed by atoms with Crippen LogP contribution in [0.2, 0.25) is 0 Å². The van der Waals surface area contributed by atoms with Crippen LogP contribution < -0.4 is 5.32 Å². The number of carbonyl (C=O) groups is 1. The minimum Gasteiger partial charge on any atom is -0.361 e. The van der Waals surface area contributed by atoms with Crippen LogP contribution in [0.25, 0.3) is 10.9 Å². The van der Waals surface area contributed by atoms with Crippen molar-refractivity contribution in [2.24, 2.45) is 5.92 Å². The molecule has 0 aliphatic heterocycles. The molecule has 2 N–H and O–H groups in total. The Morgan fingerprint density at radius 2 is 1.82 bits per heavy atom. The van der Waals surface area contributed by atoms with Gasteiger partial charge in [0.25, 0.3) is 0 Å². The summed E-state index contributed by atoms with van der Waals surface area (Å²) < 4.78 is 0. The number of hydrogen-bond acceptors (Lipinski definition) is 1. The van der Waals surface area contributed by atoms with Crippen molar-refractivity contribution in [2.75, 3.05) is 0 Å². The van der Waals surface area contributed by atoms with Gasteiger partial charge in [0.1, 0.15) is 0 Å². The number of aromatic amines is 1. The van der Waals surface area contributed by atoms with Crippen LogP contribution in [0.15, 0.2) is 60.8 Å². The Morgan fingerprint density at radius 3 is 2.64 bits per heavy atom. The number of hydrogen-bond donors (Lipinski definition) is 2. The van der Waals surface area contributed by atoms with Crippen LogP contribution in [-0.2, 0) is 17.8 Å². The molecule has 0 bridgehead atoms. The average Bonchev–Trinajstić information content (AvgIpc) is 2.97. The van der Waals surface area contributed by atoms with Gasteiger partial charge in [-0.2, -0.15) is 0 Å². The predicted octanol–water partition coefficient (Wildman–Crippen LogP) is 3.66. The van der Waals surface area contributed by atoms with E-state index >= 15 is 0 Å². The summed E-state index contributed by atoms with van der Waals surface area (Å²) in [5, 5.41) is 4.20. The zero-order chi connectivity index (χ0) is 15.4. The number of aromatic nitrogens is 1. The monoisotopic (exact) mass is 292 g/mol. The molecule has 2 aromatic carbocycles. The van der Waals surface area contributed by atoms with Gasteiger partial charge in [-0.15, -0.1) is 0 Å². The summed E-state index contributed by atoms with van der Waals surface area (Å²) in [6, 6.07) is 18.2. The molecular formula is C19H20N2O. The molecule has 1 heterocycles. The van der Waals surface area contributed by atoms with E-state index in [-0.39, 0.29) is 11.8 Å². The summed E-state index contributed by atoms with van der Waals surface area (Å²) in [6.07, 6.45) is 2.73. The first-order chi connectivity index (χ1) is 10.7. The number of amides is 1. The minimum absolute atomic E-state index is 0.0346. The van der Waals surface area contributed by atoms with Gasteiger partial charge in [-0.05, 0) is 23.6 Å². The highest BCUT2D eigenvalue weighted by molar-refractivity contribution is 5.84. The number of benzene rings is 2. The van der Waals surface area contributed by atoms with Crippen molar-refractivity contribution in [1.82, 2.24) is 10.3 Å². The largest absolute Gasteiger partial charge is 0.361 e. The maximum absolute atomic E-state index is 12.3. The number of para-hydroxylation sites is 1. The smallest absolute Gasteiger partial charge is 0.223 e. The first-order valence-corrected chi connectivity index (χ1v) is 7.60. The third-order valence-corrected chi connectivity index (χ3v) is 3.96. The van der Waals surface area contributed by atoms with Crippen LogP contribution in [0.3, 0.4) is 0 Å². The van der Waals surface area contributed by atoms with Gasteiger partial charge in [-0.1, -0.05) is 55.5 Å². The van der Waals surface area contributed by atoms with E-state index in [0.29, 0.717) is 6.54 Å². The first-order valence-electron chi connectivity index (χ1n) is 7.60. The molecule has 3 heteroatoms. The second-order valence-electron chi connectivity index (χ2n) is 5.67. The van der Waals surface area contributed by atoms with Gasteiger partial charge in [0.15, 0.2) is 0 Å². The van der Waals surface area contributed by atoms with E-state index in [9.17, 15) is 4.79 Å². The van der Waals surface area contributed by atoms with Gasteiger partial charge in [0, 0.05) is 29.6 Å². The molecule has 3 nitrogen and oxygen atoms in total. The SMILES string of the molecule is CC(Cc1ccccc1)C(=O)NCc1c[nH]c2ccccc12. The standard InChI is InChI=1S/C19H20N2O/c1-14(11-15-7-3-2-4-8-15)19(22)21-13-16-12-20-18-10-6-5-9-17(16)18/h2-10,12,14,20H,11,13H2,1H3,(H,21,22). The van der Waals surface area contributed by atoms with Crippen LogP contribution in [-0.4, -0.2) is 10.9 Å². The summed E-state index contributed by atoms with van der Waals surface area (Å²) in [5.74, 6) is 0.0572. The summed E-state index contributed by atoms with van der Waals surface area (Å²) in [5.41, 5.74) is 3.41. The number of rotatable bonds is 5. The van der Waals surface area contributed by atoms with Gasteiger partial charge in [0.2, 0.25) is 5.91 Å². The summed E-state index contributed by atoms with van der Waals surface area (Å²) in [4.78, 5) is 15.5. The lowest BCUT2D eigenvalue weighted by molar-refractivity contribution is -0.124. The molecule has 0 radical (unpaired) electrons. The fourth-order valence-electron chi connectivity index (χ4n) is 2.69. The molecule has 22 heavy (non-hydrogen) atoms. The van der Waals surface area contributed by atoms with E-state index in [2.05, 4.69) is 28.5 Å². The third kappa shape index (κ3) is 3.19. The Morgan fingerprint density at radius 1 is 1.09 bits per heavy atom. The highest BCUT2D eigenvalue weighted by Crippen LogP contribution is 2.17. The second kappa shape index (κ2) is 6.48. The minimum atomic E-state index is -0.0346. The average molecular weight is 292 g/mol. The van der Waals surface area contributed by atoms with Gasteiger partial charge in [0.05, 0.1) is 0 Å². The van der Waals surface area contributed by atoms with Gasteiger partial charge in [-0.25, -0.2) is 0 Å². The molecule has 1 unspecified atom stereocenters. The van der Waals surface area contributed by atoms with Crippen molar-refractivity contribution < 1.29 is 4.79 Å². The van der Waals surface area contributed by atoms with E-state index in [4.69, 9.17) is 0 Å². The molecule has 0 aliphatic rings.